The first kappa shape index (κ1) is 28.2. The number of benzene rings is 1. The lowest BCUT2D eigenvalue weighted by Crippen LogP contribution is -2.54. The van der Waals surface area contributed by atoms with Gasteiger partial charge in [-0.15, -0.1) is 0 Å². The van der Waals surface area contributed by atoms with Crippen molar-refractivity contribution in [3.63, 3.8) is 0 Å². The summed E-state index contributed by atoms with van der Waals surface area (Å²) in [5.41, 5.74) is -0.520. The molecule has 9 heteroatoms. The normalized spacial score (nSPS) is 13.0. The number of alkyl carbamates (subject to hydrolysis) is 1. The van der Waals surface area contributed by atoms with Crippen molar-refractivity contribution in [2.75, 3.05) is 19.7 Å². The van der Waals surface area contributed by atoms with Crippen molar-refractivity contribution in [1.82, 2.24) is 15.5 Å². The highest BCUT2D eigenvalue weighted by Gasteiger charge is 2.36. The number of aliphatic hydroxyl groups excluding tert-OH is 1. The molecule has 2 atom stereocenters. The van der Waals surface area contributed by atoms with Gasteiger partial charge >= 0.3 is 6.09 Å². The molecular formula is C24H39N3O6. The molecule has 0 bridgehead atoms. The van der Waals surface area contributed by atoms with Crippen molar-refractivity contribution in [2.45, 2.75) is 78.0 Å². The van der Waals surface area contributed by atoms with Crippen molar-refractivity contribution in [1.29, 1.82) is 0 Å². The summed E-state index contributed by atoms with van der Waals surface area (Å²) in [6.45, 7) is 8.88. The van der Waals surface area contributed by atoms with E-state index in [-0.39, 0.29) is 17.9 Å². The van der Waals surface area contributed by atoms with Crippen LogP contribution in [0.1, 0.15) is 71.9 Å². The molecule has 0 radical (unpaired) electrons. The lowest BCUT2D eigenvalue weighted by atomic mass is 10.0. The van der Waals surface area contributed by atoms with E-state index in [1.54, 1.807) is 39.0 Å². The molecular weight excluding hydrogens is 426 g/mol. The highest BCUT2D eigenvalue weighted by Crippen LogP contribution is 2.29. The quantitative estimate of drug-likeness (QED) is 0.352. The molecule has 0 saturated carbocycles. The van der Waals surface area contributed by atoms with Crippen molar-refractivity contribution >= 4 is 17.9 Å². The zero-order valence-electron chi connectivity index (χ0n) is 20.4. The van der Waals surface area contributed by atoms with E-state index in [0.717, 1.165) is 19.3 Å². The Labute approximate surface area is 196 Å². The van der Waals surface area contributed by atoms with E-state index in [9.17, 15) is 24.6 Å². The predicted octanol–water partition coefficient (Wildman–Crippen LogP) is 2.86. The van der Waals surface area contributed by atoms with Crippen LogP contribution in [0.5, 0.6) is 5.75 Å². The van der Waals surface area contributed by atoms with Crippen LogP contribution in [-0.2, 0) is 14.3 Å². The fraction of sp³-hybridized carbons (Fsp3) is 0.625. The second-order valence-electron chi connectivity index (χ2n) is 8.87. The first-order valence-corrected chi connectivity index (χ1v) is 11.5. The van der Waals surface area contributed by atoms with E-state index in [4.69, 9.17) is 4.74 Å². The second kappa shape index (κ2) is 13.7. The number of rotatable bonds is 12. The number of ether oxygens (including phenoxy) is 1. The van der Waals surface area contributed by atoms with Gasteiger partial charge in [-0.3, -0.25) is 9.59 Å². The average molecular weight is 466 g/mol. The third-order valence-corrected chi connectivity index (χ3v) is 4.79. The molecule has 1 aromatic rings. The van der Waals surface area contributed by atoms with Gasteiger partial charge in [0.2, 0.25) is 11.8 Å². The smallest absolute Gasteiger partial charge is 0.408 e. The van der Waals surface area contributed by atoms with E-state index in [2.05, 4.69) is 17.6 Å². The van der Waals surface area contributed by atoms with Crippen molar-refractivity contribution < 1.29 is 29.3 Å². The minimum atomic E-state index is -1.31. The predicted molar refractivity (Wildman–Crippen MR) is 126 cm³/mol. The second-order valence-corrected chi connectivity index (χ2v) is 8.87. The first-order chi connectivity index (χ1) is 15.6. The highest BCUT2D eigenvalue weighted by atomic mass is 16.6. The number of nitrogens with one attached hydrogen (secondary N) is 2. The minimum Gasteiger partial charge on any atom is -0.508 e. The average Bonchev–Trinajstić information content (AvgIpc) is 2.74. The molecule has 33 heavy (non-hydrogen) atoms. The number of hydrogen-bond donors (Lipinski definition) is 4. The van der Waals surface area contributed by atoms with E-state index in [1.165, 1.54) is 11.0 Å². The van der Waals surface area contributed by atoms with E-state index in [1.807, 2.05) is 6.92 Å². The summed E-state index contributed by atoms with van der Waals surface area (Å²) in [7, 11) is 0. The lowest BCUT2D eigenvalue weighted by Gasteiger charge is -2.34. The number of hydrogen-bond acceptors (Lipinski definition) is 6. The molecule has 0 aliphatic rings. The summed E-state index contributed by atoms with van der Waals surface area (Å²) in [5.74, 6) is -1.22. The van der Waals surface area contributed by atoms with Gasteiger partial charge < -0.3 is 30.5 Å². The highest BCUT2D eigenvalue weighted by molar-refractivity contribution is 5.92. The Morgan fingerprint density at radius 1 is 1.09 bits per heavy atom. The van der Waals surface area contributed by atoms with Crippen LogP contribution in [0.4, 0.5) is 4.79 Å². The largest absolute Gasteiger partial charge is 0.508 e. The number of unbranched alkanes of at least 4 members (excludes halogenated alkanes) is 2. The molecule has 0 aliphatic carbocycles. The van der Waals surface area contributed by atoms with Gasteiger partial charge in [0.1, 0.15) is 23.4 Å². The number of aliphatic hydroxyl groups is 1. The van der Waals surface area contributed by atoms with Crippen LogP contribution in [0.15, 0.2) is 24.3 Å². The summed E-state index contributed by atoms with van der Waals surface area (Å²) in [6.07, 6.45) is 2.40. The zero-order chi connectivity index (χ0) is 25.0. The molecule has 0 aromatic heterocycles. The van der Waals surface area contributed by atoms with E-state index >= 15 is 0 Å². The topological polar surface area (TPSA) is 128 Å². The molecule has 3 amide bonds. The van der Waals surface area contributed by atoms with Gasteiger partial charge in [-0.25, -0.2) is 4.79 Å². The molecule has 0 fully saturated rings. The fourth-order valence-electron chi connectivity index (χ4n) is 3.30. The van der Waals surface area contributed by atoms with E-state index in [0.29, 0.717) is 13.0 Å². The van der Waals surface area contributed by atoms with Crippen LogP contribution < -0.4 is 10.6 Å². The first-order valence-electron chi connectivity index (χ1n) is 11.5. The maximum atomic E-state index is 13.4. The number of carbonyl (C=O) groups is 3. The molecule has 0 heterocycles. The third-order valence-electron chi connectivity index (χ3n) is 4.79. The summed E-state index contributed by atoms with van der Waals surface area (Å²) in [6, 6.07) is 3.88. The number of amides is 3. The molecule has 186 valence electrons. The van der Waals surface area contributed by atoms with Crippen molar-refractivity contribution in [3.8, 4) is 5.75 Å². The molecule has 9 nitrogen and oxygen atoms in total. The van der Waals surface area contributed by atoms with Gasteiger partial charge in [-0.1, -0.05) is 44.9 Å². The van der Waals surface area contributed by atoms with E-state index < -0.39 is 42.2 Å². The maximum Gasteiger partial charge on any atom is 0.408 e. The van der Waals surface area contributed by atoms with Gasteiger partial charge in [0.25, 0.3) is 0 Å². The molecule has 0 aliphatic heterocycles. The van der Waals surface area contributed by atoms with Crippen LogP contribution in [0.25, 0.3) is 0 Å². The molecule has 2 unspecified atom stereocenters. The number of para-hydroxylation sites is 1. The Bertz CT molecular complexity index is 778. The Kier molecular flexibility index (Phi) is 11.7. The molecule has 1 rings (SSSR count). The number of phenolic OH excluding ortho intramolecular Hbond substituents is 1. The molecule has 0 spiro atoms. The Morgan fingerprint density at radius 2 is 1.76 bits per heavy atom. The summed E-state index contributed by atoms with van der Waals surface area (Å²) < 4.78 is 5.20. The van der Waals surface area contributed by atoms with Gasteiger partial charge in [-0.2, -0.15) is 0 Å². The van der Waals surface area contributed by atoms with Crippen LogP contribution in [0.3, 0.4) is 0 Å². The Balaban J connectivity index is 3.25. The summed E-state index contributed by atoms with van der Waals surface area (Å²) in [4.78, 5) is 40.1. The SMILES string of the molecule is CCCCCNC(=O)C(c1ccccc1O)N(CCC)C(=O)C(CO)NC(=O)OC(C)(C)C. The number of aromatic hydroxyl groups is 1. The van der Waals surface area contributed by atoms with Crippen LogP contribution in [0, 0.1) is 0 Å². The van der Waals surface area contributed by atoms with Crippen LogP contribution >= 0.6 is 0 Å². The Morgan fingerprint density at radius 3 is 2.30 bits per heavy atom. The number of carbonyl (C=O) groups excluding carboxylic acids is 3. The monoisotopic (exact) mass is 465 g/mol. The van der Waals surface area contributed by atoms with Gasteiger partial charge in [0, 0.05) is 18.7 Å². The zero-order valence-corrected chi connectivity index (χ0v) is 20.4. The van der Waals surface area contributed by atoms with Gasteiger partial charge in [0.15, 0.2) is 0 Å². The number of nitrogens with zero attached hydrogens (tertiary/aromatic N) is 1. The Hall–Kier alpha value is -2.81. The standard InChI is InChI=1S/C24H39N3O6/c1-6-8-11-14-25-21(30)20(17-12-9-10-13-19(17)29)27(15-7-2)22(31)18(16-28)26-23(32)33-24(3,4)5/h9-10,12-13,18,20,28-29H,6-8,11,14-16H2,1-5H3,(H,25,30)(H,26,32). The fourth-order valence-corrected chi connectivity index (χ4v) is 3.30. The maximum absolute atomic E-state index is 13.4. The van der Waals surface area contributed by atoms with Gasteiger partial charge in [-0.05, 0) is 39.7 Å². The van der Waals surface area contributed by atoms with Gasteiger partial charge in [0.05, 0.1) is 6.61 Å². The third kappa shape index (κ3) is 9.29. The van der Waals surface area contributed by atoms with Crippen molar-refractivity contribution in [3.05, 3.63) is 29.8 Å². The van der Waals surface area contributed by atoms with Crippen LogP contribution in [-0.4, -0.2) is 64.4 Å². The van der Waals surface area contributed by atoms with Crippen LogP contribution in [0.2, 0.25) is 0 Å². The molecule has 1 aromatic carbocycles. The minimum absolute atomic E-state index is 0.124. The lowest BCUT2D eigenvalue weighted by molar-refractivity contribution is -0.143. The summed E-state index contributed by atoms with van der Waals surface area (Å²) in [5, 5.41) is 25.5. The summed E-state index contributed by atoms with van der Waals surface area (Å²) >= 11 is 0. The molecule has 4 N–H and O–H groups in total. The molecule has 0 saturated heterocycles. The van der Waals surface area contributed by atoms with Crippen molar-refractivity contribution in [2.24, 2.45) is 0 Å². The number of phenols is 1.